The largest absolute Gasteiger partial charge is 0.497 e. The van der Waals surface area contributed by atoms with Gasteiger partial charge in [-0.3, -0.25) is 4.90 Å². The molecule has 1 aromatic carbocycles. The van der Waals surface area contributed by atoms with Gasteiger partial charge < -0.3 is 4.74 Å². The summed E-state index contributed by atoms with van der Waals surface area (Å²) in [5.74, 6) is 1.52. The lowest BCUT2D eigenvalue weighted by Gasteiger charge is -2.33. The van der Waals surface area contributed by atoms with Crippen LogP contribution in [0.25, 0.3) is 0 Å². The van der Waals surface area contributed by atoms with E-state index in [1.165, 1.54) is 12.0 Å². The molecule has 1 aliphatic rings. The van der Waals surface area contributed by atoms with Gasteiger partial charge in [0.05, 0.1) is 19.2 Å². The molecule has 0 aromatic heterocycles. The van der Waals surface area contributed by atoms with Crippen LogP contribution in [0.3, 0.4) is 0 Å². The fourth-order valence-electron chi connectivity index (χ4n) is 2.63. The third kappa shape index (κ3) is 3.02. The fourth-order valence-corrected chi connectivity index (χ4v) is 2.63. The molecule has 3 heteroatoms. The van der Waals surface area contributed by atoms with Crippen LogP contribution < -0.4 is 4.74 Å². The first-order valence-electron chi connectivity index (χ1n) is 6.45. The molecule has 1 aliphatic heterocycles. The van der Waals surface area contributed by atoms with Gasteiger partial charge in [0.2, 0.25) is 0 Å². The number of methoxy groups -OCH3 is 1. The topological polar surface area (TPSA) is 36.3 Å². The third-order valence-corrected chi connectivity index (χ3v) is 3.79. The first kappa shape index (κ1) is 12.9. The molecule has 0 N–H and O–H groups in total. The van der Waals surface area contributed by atoms with Gasteiger partial charge in [-0.1, -0.05) is 12.1 Å². The van der Waals surface area contributed by atoms with Crippen LogP contribution in [-0.2, 0) is 6.42 Å². The number of piperidine rings is 1. The maximum absolute atomic E-state index is 9.12. The maximum Gasteiger partial charge on any atom is 0.119 e. The minimum Gasteiger partial charge on any atom is -0.497 e. The van der Waals surface area contributed by atoms with Crippen molar-refractivity contribution >= 4 is 0 Å². The van der Waals surface area contributed by atoms with Crippen molar-refractivity contribution in [2.75, 3.05) is 20.7 Å². The third-order valence-electron chi connectivity index (χ3n) is 3.79. The Labute approximate surface area is 109 Å². The number of hydrogen-bond acceptors (Lipinski definition) is 3. The van der Waals surface area contributed by atoms with Crippen LogP contribution in [0.4, 0.5) is 0 Å². The Balaban J connectivity index is 1.99. The van der Waals surface area contributed by atoms with Gasteiger partial charge >= 0.3 is 0 Å². The number of benzene rings is 1. The molecular weight excluding hydrogens is 224 g/mol. The molecule has 18 heavy (non-hydrogen) atoms. The van der Waals surface area contributed by atoms with E-state index in [9.17, 15) is 0 Å². The number of hydrogen-bond donors (Lipinski definition) is 0. The molecule has 1 aromatic rings. The first-order chi connectivity index (χ1) is 8.72. The average molecular weight is 244 g/mol. The van der Waals surface area contributed by atoms with E-state index in [-0.39, 0.29) is 6.04 Å². The van der Waals surface area contributed by atoms with Crippen molar-refractivity contribution in [1.82, 2.24) is 4.90 Å². The highest BCUT2D eigenvalue weighted by Crippen LogP contribution is 2.26. The van der Waals surface area contributed by atoms with Gasteiger partial charge in [-0.25, -0.2) is 0 Å². The molecule has 3 nitrogen and oxygen atoms in total. The first-order valence-corrected chi connectivity index (χ1v) is 6.45. The normalized spacial score (nSPS) is 24.5. The van der Waals surface area contributed by atoms with Crippen molar-refractivity contribution in [2.45, 2.75) is 25.3 Å². The van der Waals surface area contributed by atoms with Gasteiger partial charge in [0.25, 0.3) is 0 Å². The predicted octanol–water partition coefficient (Wildman–Crippen LogP) is 2.47. The molecule has 1 fully saturated rings. The van der Waals surface area contributed by atoms with Crippen LogP contribution in [-0.4, -0.2) is 31.6 Å². The molecule has 0 saturated carbocycles. The van der Waals surface area contributed by atoms with Crippen LogP contribution in [0.1, 0.15) is 18.4 Å². The number of ether oxygens (including phenoxy) is 1. The monoisotopic (exact) mass is 244 g/mol. The standard InChI is InChI=1S/C15H20N2O/c1-17-7-6-13(9-14(17)11-16)8-12-4-3-5-15(10-12)18-2/h3-5,10,13-14H,6-9H2,1-2H3. The smallest absolute Gasteiger partial charge is 0.119 e. The molecule has 2 rings (SSSR count). The van der Waals surface area contributed by atoms with Gasteiger partial charge in [0.15, 0.2) is 0 Å². The summed E-state index contributed by atoms with van der Waals surface area (Å²) in [7, 11) is 3.73. The van der Waals surface area contributed by atoms with E-state index in [4.69, 9.17) is 10.00 Å². The highest BCUT2D eigenvalue weighted by atomic mass is 16.5. The summed E-state index contributed by atoms with van der Waals surface area (Å²) in [5.41, 5.74) is 1.31. The molecule has 1 heterocycles. The Morgan fingerprint density at radius 2 is 2.33 bits per heavy atom. The van der Waals surface area contributed by atoms with E-state index in [0.29, 0.717) is 5.92 Å². The zero-order chi connectivity index (χ0) is 13.0. The molecule has 0 radical (unpaired) electrons. The Morgan fingerprint density at radius 3 is 3.06 bits per heavy atom. The van der Waals surface area contributed by atoms with Crippen LogP contribution in [0, 0.1) is 17.2 Å². The molecule has 0 amide bonds. The lowest BCUT2D eigenvalue weighted by Crippen LogP contribution is -2.39. The maximum atomic E-state index is 9.12. The highest BCUT2D eigenvalue weighted by Gasteiger charge is 2.25. The summed E-state index contributed by atoms with van der Waals surface area (Å²) < 4.78 is 5.24. The van der Waals surface area contributed by atoms with E-state index in [1.807, 2.05) is 19.2 Å². The predicted molar refractivity (Wildman–Crippen MR) is 71.5 cm³/mol. The number of nitriles is 1. The fraction of sp³-hybridized carbons (Fsp3) is 0.533. The van der Waals surface area contributed by atoms with Crippen molar-refractivity contribution in [1.29, 1.82) is 5.26 Å². The van der Waals surface area contributed by atoms with Crippen molar-refractivity contribution in [3.05, 3.63) is 29.8 Å². The van der Waals surface area contributed by atoms with Gasteiger partial charge in [-0.2, -0.15) is 5.26 Å². The summed E-state index contributed by atoms with van der Waals surface area (Å²) in [6.07, 6.45) is 3.19. The summed E-state index contributed by atoms with van der Waals surface area (Å²) in [6, 6.07) is 10.7. The van der Waals surface area contributed by atoms with Gasteiger partial charge in [-0.15, -0.1) is 0 Å². The zero-order valence-electron chi connectivity index (χ0n) is 11.1. The Kier molecular flexibility index (Phi) is 4.22. The minimum atomic E-state index is 0.0781. The van der Waals surface area contributed by atoms with Gasteiger partial charge in [0, 0.05) is 0 Å². The molecule has 0 spiro atoms. The second kappa shape index (κ2) is 5.88. The second-order valence-electron chi connectivity index (χ2n) is 5.07. The van der Waals surface area contributed by atoms with Crippen LogP contribution in [0.15, 0.2) is 24.3 Å². The molecular formula is C15H20N2O. The van der Waals surface area contributed by atoms with E-state index in [2.05, 4.69) is 23.1 Å². The van der Waals surface area contributed by atoms with E-state index < -0.39 is 0 Å². The highest BCUT2D eigenvalue weighted by molar-refractivity contribution is 5.28. The van der Waals surface area contributed by atoms with Gasteiger partial charge in [0.1, 0.15) is 5.75 Å². The van der Waals surface area contributed by atoms with E-state index in [0.717, 1.165) is 25.1 Å². The molecule has 1 saturated heterocycles. The molecule has 0 bridgehead atoms. The quantitative estimate of drug-likeness (QED) is 0.819. The Bertz CT molecular complexity index is 438. The Hall–Kier alpha value is -1.53. The van der Waals surface area contributed by atoms with E-state index in [1.54, 1.807) is 7.11 Å². The van der Waals surface area contributed by atoms with Crippen molar-refractivity contribution < 1.29 is 4.74 Å². The number of rotatable bonds is 3. The van der Waals surface area contributed by atoms with Crippen LogP contribution in [0.5, 0.6) is 5.75 Å². The van der Waals surface area contributed by atoms with Crippen LogP contribution >= 0.6 is 0 Å². The van der Waals surface area contributed by atoms with Crippen molar-refractivity contribution in [3.63, 3.8) is 0 Å². The molecule has 0 aliphatic carbocycles. The minimum absolute atomic E-state index is 0.0781. The number of likely N-dealkylation sites (tertiary alicyclic amines) is 1. The summed E-state index contributed by atoms with van der Waals surface area (Å²) >= 11 is 0. The Morgan fingerprint density at radius 1 is 1.50 bits per heavy atom. The second-order valence-corrected chi connectivity index (χ2v) is 5.07. The molecule has 2 atom stereocenters. The zero-order valence-corrected chi connectivity index (χ0v) is 11.1. The lowest BCUT2D eigenvalue weighted by molar-refractivity contribution is 0.176. The lowest BCUT2D eigenvalue weighted by atomic mass is 9.86. The average Bonchev–Trinajstić information content (AvgIpc) is 2.41. The van der Waals surface area contributed by atoms with Crippen molar-refractivity contribution in [2.24, 2.45) is 5.92 Å². The van der Waals surface area contributed by atoms with Crippen LogP contribution in [0.2, 0.25) is 0 Å². The SMILES string of the molecule is COc1cccc(CC2CCN(C)C(C#N)C2)c1. The summed E-state index contributed by atoms with van der Waals surface area (Å²) in [6.45, 7) is 1.02. The van der Waals surface area contributed by atoms with Gasteiger partial charge in [-0.05, 0) is 56.5 Å². The summed E-state index contributed by atoms with van der Waals surface area (Å²) in [4.78, 5) is 2.15. The molecule has 96 valence electrons. The summed E-state index contributed by atoms with van der Waals surface area (Å²) in [5, 5.41) is 9.12. The van der Waals surface area contributed by atoms with Crippen molar-refractivity contribution in [3.8, 4) is 11.8 Å². The molecule has 2 unspecified atom stereocenters. The van der Waals surface area contributed by atoms with E-state index >= 15 is 0 Å². The number of nitrogens with zero attached hydrogens (tertiary/aromatic N) is 2.